The Morgan fingerprint density at radius 2 is 1.84 bits per heavy atom. The molecular weight excluding hydrogens is 631 g/mol. The first kappa shape index (κ1) is 32.5. The number of sulfone groups is 1. The molecular formula is C32H31ClF3N3O5S. The van der Waals surface area contributed by atoms with E-state index in [0.717, 1.165) is 12.3 Å². The first-order chi connectivity index (χ1) is 21.1. The Bertz CT molecular complexity index is 1830. The largest absolute Gasteiger partial charge is 0.448 e. The molecule has 0 saturated carbocycles. The molecule has 1 saturated heterocycles. The predicted molar refractivity (Wildman–Crippen MR) is 164 cm³/mol. The number of hydrogen-bond acceptors (Lipinski definition) is 7. The Morgan fingerprint density at radius 1 is 1.11 bits per heavy atom. The summed E-state index contributed by atoms with van der Waals surface area (Å²) in [6, 6.07) is 14.8. The average Bonchev–Trinajstić information content (AvgIpc) is 3.19. The van der Waals surface area contributed by atoms with Crippen LogP contribution in [0.5, 0.6) is 0 Å². The molecule has 1 spiro atoms. The summed E-state index contributed by atoms with van der Waals surface area (Å²) in [7, 11) is -3.44. The lowest BCUT2D eigenvalue weighted by Gasteiger charge is -2.39. The zero-order valence-electron chi connectivity index (χ0n) is 24.5. The van der Waals surface area contributed by atoms with Crippen molar-refractivity contribution in [3.8, 4) is 11.1 Å². The second-order valence-corrected chi connectivity index (χ2v) is 13.8. The van der Waals surface area contributed by atoms with Gasteiger partial charge in [0.05, 0.1) is 28.3 Å². The van der Waals surface area contributed by atoms with Gasteiger partial charge in [-0.2, -0.15) is 13.2 Å². The molecule has 8 nitrogen and oxygen atoms in total. The number of nitrogens with one attached hydrogen (secondary N) is 1. The van der Waals surface area contributed by atoms with Crippen molar-refractivity contribution in [2.24, 2.45) is 5.73 Å². The normalized spacial score (nSPS) is 19.2. The van der Waals surface area contributed by atoms with Crippen molar-refractivity contribution < 1.29 is 35.9 Å². The van der Waals surface area contributed by atoms with Crippen LogP contribution in [-0.2, 0) is 36.9 Å². The number of carbonyl (C=O) groups is 2. The smallest absolute Gasteiger partial charge is 0.416 e. The van der Waals surface area contributed by atoms with E-state index in [0.29, 0.717) is 41.6 Å². The van der Waals surface area contributed by atoms with E-state index in [1.54, 1.807) is 36.1 Å². The third kappa shape index (κ3) is 6.73. The van der Waals surface area contributed by atoms with Crippen molar-refractivity contribution in [2.45, 2.75) is 43.0 Å². The number of benzene rings is 3. The summed E-state index contributed by atoms with van der Waals surface area (Å²) in [6.45, 7) is 2.00. The molecule has 3 aromatic rings. The minimum atomic E-state index is -4.54. The van der Waals surface area contributed by atoms with E-state index in [1.807, 2.05) is 0 Å². The Balaban J connectivity index is 1.35. The number of ether oxygens (including phenoxy) is 1. The van der Waals surface area contributed by atoms with E-state index >= 15 is 0 Å². The lowest BCUT2D eigenvalue weighted by molar-refractivity contribution is -0.150. The molecule has 0 bridgehead atoms. The van der Waals surface area contributed by atoms with E-state index in [9.17, 15) is 31.2 Å². The zero-order valence-corrected chi connectivity index (χ0v) is 26.1. The van der Waals surface area contributed by atoms with Gasteiger partial charge in [-0.25, -0.2) is 13.2 Å². The maximum atomic E-state index is 13.3. The molecule has 1 unspecified atom stereocenters. The van der Waals surface area contributed by atoms with Crippen molar-refractivity contribution in [1.82, 2.24) is 10.2 Å². The number of nitrogens with two attached hydrogens (primary N) is 1. The summed E-state index contributed by atoms with van der Waals surface area (Å²) in [5.41, 5.74) is 7.27. The zero-order chi connectivity index (χ0) is 32.7. The van der Waals surface area contributed by atoms with Crippen LogP contribution in [0, 0.1) is 6.92 Å². The van der Waals surface area contributed by atoms with Crippen LogP contribution in [-0.4, -0.2) is 56.7 Å². The van der Waals surface area contributed by atoms with Crippen LogP contribution in [0.3, 0.4) is 0 Å². The van der Waals surface area contributed by atoms with Crippen molar-refractivity contribution >= 4 is 38.9 Å². The van der Waals surface area contributed by atoms with Crippen LogP contribution in [0.25, 0.3) is 16.7 Å². The van der Waals surface area contributed by atoms with Crippen LogP contribution in [0.1, 0.15) is 35.1 Å². The molecule has 238 valence electrons. The van der Waals surface area contributed by atoms with Gasteiger partial charge in [-0.05, 0) is 78.9 Å². The number of likely N-dealkylation sites (tertiary alicyclic amines) is 1. The lowest BCUT2D eigenvalue weighted by atomic mass is 9.86. The van der Waals surface area contributed by atoms with Gasteiger partial charge in [-0.15, -0.1) is 0 Å². The molecule has 0 aromatic heterocycles. The average molecular weight is 662 g/mol. The summed E-state index contributed by atoms with van der Waals surface area (Å²) in [5, 5.41) is 2.84. The number of esters is 1. The topological polar surface area (TPSA) is 119 Å². The Kier molecular flexibility index (Phi) is 8.78. The van der Waals surface area contributed by atoms with Gasteiger partial charge in [0, 0.05) is 29.9 Å². The van der Waals surface area contributed by atoms with Crippen molar-refractivity contribution in [3.05, 3.63) is 93.6 Å². The molecule has 5 rings (SSSR count). The number of amides is 1. The molecule has 45 heavy (non-hydrogen) atoms. The van der Waals surface area contributed by atoms with Gasteiger partial charge >= 0.3 is 12.1 Å². The SMILES string of the molecule is Cc1cc(-c2cccc(S(C)(=O)=O)c2)c(Cl)cc1C1=C(N)C2(CCCN(CC(=O)NCc3ccccc3C(F)(F)F)C2)OC1=O. The third-order valence-electron chi connectivity index (χ3n) is 8.11. The van der Waals surface area contributed by atoms with E-state index in [-0.39, 0.29) is 46.4 Å². The number of alkyl halides is 3. The van der Waals surface area contributed by atoms with E-state index < -0.39 is 39.1 Å². The third-order valence-corrected chi connectivity index (χ3v) is 9.53. The highest BCUT2D eigenvalue weighted by atomic mass is 35.5. The van der Waals surface area contributed by atoms with Crippen molar-refractivity contribution in [1.29, 1.82) is 0 Å². The van der Waals surface area contributed by atoms with Crippen molar-refractivity contribution in [3.63, 3.8) is 0 Å². The number of aryl methyl sites for hydroxylation is 1. The molecule has 2 aliphatic rings. The molecule has 13 heteroatoms. The van der Waals surface area contributed by atoms with Gasteiger partial charge < -0.3 is 15.8 Å². The molecule has 1 atom stereocenters. The summed E-state index contributed by atoms with van der Waals surface area (Å²) in [4.78, 5) is 27.9. The van der Waals surface area contributed by atoms with Crippen molar-refractivity contribution in [2.75, 3.05) is 25.9 Å². The van der Waals surface area contributed by atoms with Gasteiger partial charge in [-0.1, -0.05) is 41.9 Å². The lowest BCUT2D eigenvalue weighted by Crippen LogP contribution is -2.53. The van der Waals surface area contributed by atoms with Crippen LogP contribution in [0.15, 0.2) is 71.3 Å². The van der Waals surface area contributed by atoms with Crippen LogP contribution < -0.4 is 11.1 Å². The van der Waals surface area contributed by atoms with Crippen LogP contribution in [0.2, 0.25) is 5.02 Å². The monoisotopic (exact) mass is 661 g/mol. The highest BCUT2D eigenvalue weighted by Crippen LogP contribution is 2.43. The summed E-state index contributed by atoms with van der Waals surface area (Å²) in [6.07, 6.45) is -2.44. The van der Waals surface area contributed by atoms with Crippen LogP contribution >= 0.6 is 11.6 Å². The number of hydrogen-bond donors (Lipinski definition) is 2. The number of nitrogens with zero attached hydrogens (tertiary/aromatic N) is 1. The first-order valence-corrected chi connectivity index (χ1v) is 16.3. The Hall–Kier alpha value is -3.87. The maximum absolute atomic E-state index is 13.3. The molecule has 3 aromatic carbocycles. The Labute approximate surface area is 263 Å². The fraction of sp³-hybridized carbons (Fsp3) is 0.312. The fourth-order valence-electron chi connectivity index (χ4n) is 5.89. The molecule has 0 radical (unpaired) electrons. The Morgan fingerprint density at radius 3 is 2.56 bits per heavy atom. The summed E-state index contributed by atoms with van der Waals surface area (Å²) >= 11 is 6.66. The number of rotatable bonds is 7. The first-order valence-electron chi connectivity index (χ1n) is 14.1. The molecule has 2 heterocycles. The van der Waals surface area contributed by atoms with Gasteiger partial charge in [0.25, 0.3) is 0 Å². The summed E-state index contributed by atoms with van der Waals surface area (Å²) < 4.78 is 70.0. The highest BCUT2D eigenvalue weighted by Gasteiger charge is 2.49. The van der Waals surface area contributed by atoms with Gasteiger partial charge in [0.1, 0.15) is 0 Å². The number of carbonyl (C=O) groups excluding carboxylic acids is 2. The maximum Gasteiger partial charge on any atom is 0.416 e. The minimum Gasteiger partial charge on any atom is -0.448 e. The highest BCUT2D eigenvalue weighted by molar-refractivity contribution is 7.90. The number of halogens is 4. The van der Waals surface area contributed by atoms with Gasteiger partial charge in [0.15, 0.2) is 15.4 Å². The van der Waals surface area contributed by atoms with E-state index in [1.165, 1.54) is 30.3 Å². The predicted octanol–water partition coefficient (Wildman–Crippen LogP) is 5.12. The second-order valence-electron chi connectivity index (χ2n) is 11.4. The second kappa shape index (κ2) is 12.1. The summed E-state index contributed by atoms with van der Waals surface area (Å²) in [5.74, 6) is -1.11. The number of piperidine rings is 1. The van der Waals surface area contributed by atoms with Gasteiger partial charge in [-0.3, -0.25) is 9.69 Å². The molecule has 3 N–H and O–H groups in total. The minimum absolute atomic E-state index is 0.0434. The standard InChI is InChI=1S/C32H31ClF3N3O5S/c1-19-13-24(20-8-5-9-22(14-20)45(2,42)43)26(33)15-23(19)28-29(37)31(44-30(28)41)11-6-12-39(18-31)17-27(40)38-16-21-7-3-4-10-25(21)32(34,35)36/h3-5,7-10,13-15H,6,11-12,16-18,37H2,1-2H3,(H,38,40). The molecule has 0 aliphatic carbocycles. The van der Waals surface area contributed by atoms with E-state index in [4.69, 9.17) is 22.1 Å². The fourth-order valence-corrected chi connectivity index (χ4v) is 6.83. The van der Waals surface area contributed by atoms with Gasteiger partial charge in [0.2, 0.25) is 5.91 Å². The molecule has 1 amide bonds. The molecule has 2 aliphatic heterocycles. The van der Waals surface area contributed by atoms with Crippen LogP contribution in [0.4, 0.5) is 13.2 Å². The van der Waals surface area contributed by atoms with E-state index in [2.05, 4.69) is 5.32 Å². The quantitative estimate of drug-likeness (QED) is 0.338. The molecule has 1 fully saturated rings.